The molecule has 108 valence electrons. The third-order valence-corrected chi connectivity index (χ3v) is 3.58. The summed E-state index contributed by atoms with van der Waals surface area (Å²) in [4.78, 5) is 22.7. The standard InChI is InChI=1S/C14H19N3O3/c1-3-9-7-12(9)16-14(18)11-8-10(15-4-2)5-6-13(11)17(19)20/h5-6,8-9,12,15H,3-4,7H2,1-2H3,(H,16,18). The predicted molar refractivity (Wildman–Crippen MR) is 76.9 cm³/mol. The number of carbonyl (C=O) groups excluding carboxylic acids is 1. The van der Waals surface area contributed by atoms with Gasteiger partial charge in [-0.1, -0.05) is 13.3 Å². The molecule has 6 nitrogen and oxygen atoms in total. The van der Waals surface area contributed by atoms with Crippen LogP contribution in [-0.2, 0) is 0 Å². The van der Waals surface area contributed by atoms with Crippen molar-refractivity contribution in [2.75, 3.05) is 11.9 Å². The lowest BCUT2D eigenvalue weighted by molar-refractivity contribution is -0.385. The summed E-state index contributed by atoms with van der Waals surface area (Å²) in [5.74, 6) is 0.146. The third-order valence-electron chi connectivity index (χ3n) is 3.58. The van der Waals surface area contributed by atoms with Crippen molar-refractivity contribution in [2.45, 2.75) is 32.7 Å². The molecule has 0 radical (unpaired) electrons. The maximum absolute atomic E-state index is 12.2. The van der Waals surface area contributed by atoms with Gasteiger partial charge < -0.3 is 10.6 Å². The normalized spacial score (nSPS) is 20.3. The molecule has 0 aliphatic heterocycles. The Morgan fingerprint density at radius 3 is 2.75 bits per heavy atom. The molecule has 2 rings (SSSR count). The second-order valence-corrected chi connectivity index (χ2v) is 5.00. The Labute approximate surface area is 117 Å². The Balaban J connectivity index is 2.20. The zero-order valence-electron chi connectivity index (χ0n) is 11.7. The summed E-state index contributed by atoms with van der Waals surface area (Å²) in [7, 11) is 0. The number of hydrogen-bond acceptors (Lipinski definition) is 4. The minimum atomic E-state index is -0.519. The van der Waals surface area contributed by atoms with Crippen molar-refractivity contribution in [3.8, 4) is 0 Å². The number of carbonyl (C=O) groups is 1. The first-order valence-corrected chi connectivity index (χ1v) is 6.90. The van der Waals surface area contributed by atoms with E-state index in [4.69, 9.17) is 0 Å². The van der Waals surface area contributed by atoms with E-state index in [9.17, 15) is 14.9 Å². The van der Waals surface area contributed by atoms with Crippen molar-refractivity contribution in [1.82, 2.24) is 5.32 Å². The number of nitro groups is 1. The molecule has 2 N–H and O–H groups in total. The van der Waals surface area contributed by atoms with Crippen LogP contribution < -0.4 is 10.6 Å². The van der Waals surface area contributed by atoms with Gasteiger partial charge in [-0.25, -0.2) is 0 Å². The lowest BCUT2D eigenvalue weighted by Gasteiger charge is -2.08. The monoisotopic (exact) mass is 277 g/mol. The van der Waals surface area contributed by atoms with E-state index in [1.54, 1.807) is 12.1 Å². The highest BCUT2D eigenvalue weighted by Gasteiger charge is 2.37. The zero-order valence-corrected chi connectivity index (χ0v) is 11.7. The highest BCUT2D eigenvalue weighted by Crippen LogP contribution is 2.34. The number of nitrogens with one attached hydrogen (secondary N) is 2. The van der Waals surface area contributed by atoms with Gasteiger partial charge in [0.1, 0.15) is 5.56 Å². The zero-order chi connectivity index (χ0) is 14.7. The minimum absolute atomic E-state index is 0.121. The van der Waals surface area contributed by atoms with Gasteiger partial charge in [0.25, 0.3) is 11.6 Å². The molecule has 0 spiro atoms. The van der Waals surface area contributed by atoms with Gasteiger partial charge in [-0.15, -0.1) is 0 Å². The first-order chi connectivity index (χ1) is 9.56. The van der Waals surface area contributed by atoms with E-state index in [1.165, 1.54) is 6.07 Å². The third kappa shape index (κ3) is 3.07. The molecule has 20 heavy (non-hydrogen) atoms. The number of nitro benzene ring substituents is 1. The van der Waals surface area contributed by atoms with Gasteiger partial charge in [-0.3, -0.25) is 14.9 Å². The van der Waals surface area contributed by atoms with E-state index in [1.807, 2.05) is 6.92 Å². The smallest absolute Gasteiger partial charge is 0.282 e. The number of rotatable bonds is 6. The van der Waals surface area contributed by atoms with Gasteiger partial charge in [0.2, 0.25) is 0 Å². The summed E-state index contributed by atoms with van der Waals surface area (Å²) in [6, 6.07) is 4.69. The van der Waals surface area contributed by atoms with Crippen molar-refractivity contribution in [2.24, 2.45) is 5.92 Å². The lowest BCUT2D eigenvalue weighted by Crippen LogP contribution is -2.27. The minimum Gasteiger partial charge on any atom is -0.385 e. The quantitative estimate of drug-likeness (QED) is 0.618. The first-order valence-electron chi connectivity index (χ1n) is 6.90. The molecule has 6 heteroatoms. The molecular weight excluding hydrogens is 258 g/mol. The summed E-state index contributed by atoms with van der Waals surface area (Å²) in [6.07, 6.45) is 1.98. The van der Waals surface area contributed by atoms with Crippen molar-refractivity contribution in [1.29, 1.82) is 0 Å². The number of benzene rings is 1. The lowest BCUT2D eigenvalue weighted by atomic mass is 10.1. The van der Waals surface area contributed by atoms with E-state index < -0.39 is 4.92 Å². The Morgan fingerprint density at radius 2 is 2.20 bits per heavy atom. The van der Waals surface area contributed by atoms with Gasteiger partial charge in [0.15, 0.2) is 0 Å². The van der Waals surface area contributed by atoms with Crippen LogP contribution in [0.1, 0.15) is 37.0 Å². The van der Waals surface area contributed by atoms with Crippen molar-refractivity contribution in [3.05, 3.63) is 33.9 Å². The highest BCUT2D eigenvalue weighted by molar-refractivity contribution is 5.99. The van der Waals surface area contributed by atoms with E-state index in [0.29, 0.717) is 18.2 Å². The molecule has 1 aromatic carbocycles. The predicted octanol–water partition coefficient (Wildman–Crippen LogP) is 2.55. The fraction of sp³-hybridized carbons (Fsp3) is 0.500. The number of anilines is 1. The SMILES string of the molecule is CCNc1ccc([N+](=O)[O-])c(C(=O)NC2CC2CC)c1. The molecule has 1 amide bonds. The Kier molecular flexibility index (Phi) is 4.22. The van der Waals surface area contributed by atoms with Crippen LogP contribution in [0, 0.1) is 16.0 Å². The average Bonchev–Trinajstić information content (AvgIpc) is 3.17. The van der Waals surface area contributed by atoms with Crippen LogP contribution in [0.2, 0.25) is 0 Å². The van der Waals surface area contributed by atoms with E-state index in [0.717, 1.165) is 12.8 Å². The maximum Gasteiger partial charge on any atom is 0.282 e. The summed E-state index contributed by atoms with van der Waals surface area (Å²) < 4.78 is 0. The molecular formula is C14H19N3O3. The van der Waals surface area contributed by atoms with Crippen molar-refractivity contribution in [3.63, 3.8) is 0 Å². The molecule has 2 atom stereocenters. The molecule has 1 aliphatic carbocycles. The Hall–Kier alpha value is -2.11. The molecule has 0 heterocycles. The molecule has 0 saturated heterocycles. The first kappa shape index (κ1) is 14.3. The fourth-order valence-corrected chi connectivity index (χ4v) is 2.31. The molecule has 2 unspecified atom stereocenters. The summed E-state index contributed by atoms with van der Waals surface area (Å²) in [5.41, 5.74) is 0.680. The molecule has 1 saturated carbocycles. The number of amides is 1. The topological polar surface area (TPSA) is 84.3 Å². The van der Waals surface area contributed by atoms with Crippen LogP contribution in [0.4, 0.5) is 11.4 Å². The Bertz CT molecular complexity index is 530. The van der Waals surface area contributed by atoms with Gasteiger partial charge >= 0.3 is 0 Å². The summed E-state index contributed by atoms with van der Waals surface area (Å²) >= 11 is 0. The van der Waals surface area contributed by atoms with Crippen LogP contribution in [0.3, 0.4) is 0 Å². The van der Waals surface area contributed by atoms with Crippen molar-refractivity contribution >= 4 is 17.3 Å². The van der Waals surface area contributed by atoms with Crippen LogP contribution >= 0.6 is 0 Å². The highest BCUT2D eigenvalue weighted by atomic mass is 16.6. The fourth-order valence-electron chi connectivity index (χ4n) is 2.31. The Morgan fingerprint density at radius 1 is 1.45 bits per heavy atom. The second-order valence-electron chi connectivity index (χ2n) is 5.00. The van der Waals surface area contributed by atoms with Crippen LogP contribution in [-0.4, -0.2) is 23.4 Å². The molecule has 1 aliphatic rings. The molecule has 0 bridgehead atoms. The molecule has 1 fully saturated rings. The van der Waals surface area contributed by atoms with Gasteiger partial charge in [-0.05, 0) is 31.4 Å². The van der Waals surface area contributed by atoms with E-state index in [2.05, 4.69) is 17.6 Å². The molecule has 1 aromatic rings. The van der Waals surface area contributed by atoms with Crippen LogP contribution in [0.15, 0.2) is 18.2 Å². The number of hydrogen-bond donors (Lipinski definition) is 2. The van der Waals surface area contributed by atoms with Gasteiger partial charge in [0, 0.05) is 24.3 Å². The largest absolute Gasteiger partial charge is 0.385 e. The van der Waals surface area contributed by atoms with E-state index in [-0.39, 0.29) is 23.2 Å². The second kappa shape index (κ2) is 5.90. The maximum atomic E-state index is 12.2. The van der Waals surface area contributed by atoms with Crippen molar-refractivity contribution < 1.29 is 9.72 Å². The summed E-state index contributed by atoms with van der Waals surface area (Å²) in [6.45, 7) is 4.70. The van der Waals surface area contributed by atoms with Gasteiger partial charge in [-0.2, -0.15) is 0 Å². The van der Waals surface area contributed by atoms with E-state index >= 15 is 0 Å². The average molecular weight is 277 g/mol. The summed E-state index contributed by atoms with van der Waals surface area (Å²) in [5, 5.41) is 16.9. The van der Waals surface area contributed by atoms with Crippen LogP contribution in [0.5, 0.6) is 0 Å². The van der Waals surface area contributed by atoms with Crippen LogP contribution in [0.25, 0.3) is 0 Å². The number of nitrogens with zero attached hydrogens (tertiary/aromatic N) is 1. The van der Waals surface area contributed by atoms with Gasteiger partial charge in [0.05, 0.1) is 4.92 Å². The molecule has 0 aromatic heterocycles.